The molecule has 9 aromatic rings. The summed E-state index contributed by atoms with van der Waals surface area (Å²) >= 11 is 0. The number of fused-ring (bicyclic) bond motifs is 6. The van der Waals surface area contributed by atoms with Crippen molar-refractivity contribution in [2.45, 2.75) is 0 Å². The van der Waals surface area contributed by atoms with Gasteiger partial charge in [-0.25, -0.2) is 15.0 Å². The van der Waals surface area contributed by atoms with Crippen LogP contribution in [0.1, 0.15) is 0 Å². The van der Waals surface area contributed by atoms with Gasteiger partial charge in [0, 0.05) is 50.0 Å². The van der Waals surface area contributed by atoms with E-state index in [1.165, 1.54) is 21.8 Å². The van der Waals surface area contributed by atoms with Gasteiger partial charge in [-0.2, -0.15) is 0 Å². The molecule has 0 aliphatic carbocycles. The average Bonchev–Trinajstić information content (AvgIpc) is 3.63. The molecule has 44 heavy (non-hydrogen) atoms. The van der Waals surface area contributed by atoms with Crippen molar-refractivity contribution in [1.82, 2.24) is 19.5 Å². The molecule has 6 aromatic carbocycles. The third kappa shape index (κ3) is 3.91. The van der Waals surface area contributed by atoms with Gasteiger partial charge in [-0.05, 0) is 42.5 Å². The Morgan fingerprint density at radius 3 is 1.55 bits per heavy atom. The van der Waals surface area contributed by atoms with Crippen LogP contribution in [-0.2, 0) is 0 Å². The van der Waals surface area contributed by atoms with E-state index in [4.69, 9.17) is 19.4 Å². The molecule has 0 saturated heterocycles. The van der Waals surface area contributed by atoms with Crippen molar-refractivity contribution < 1.29 is 4.42 Å². The van der Waals surface area contributed by atoms with E-state index in [1.54, 1.807) is 0 Å². The maximum Gasteiger partial charge on any atom is 0.164 e. The predicted molar refractivity (Wildman–Crippen MR) is 178 cm³/mol. The molecule has 0 N–H and O–H groups in total. The quantitative estimate of drug-likeness (QED) is 0.213. The molecule has 0 amide bonds. The number of aromatic nitrogens is 4. The van der Waals surface area contributed by atoms with Crippen LogP contribution in [0, 0.1) is 0 Å². The molecule has 0 aliphatic rings. The molecule has 5 heteroatoms. The second kappa shape index (κ2) is 9.75. The van der Waals surface area contributed by atoms with Crippen molar-refractivity contribution in [2.24, 2.45) is 0 Å². The van der Waals surface area contributed by atoms with E-state index < -0.39 is 0 Å². The Hall–Kier alpha value is -6.07. The number of nitrogens with zero attached hydrogens (tertiary/aromatic N) is 4. The Kier molecular flexibility index (Phi) is 5.43. The fourth-order valence-electron chi connectivity index (χ4n) is 6.18. The van der Waals surface area contributed by atoms with Crippen LogP contribution in [0.15, 0.2) is 150 Å². The Balaban J connectivity index is 1.20. The number of benzene rings is 6. The molecule has 0 radical (unpaired) electrons. The standard InChI is InChI=1S/C39H24N4O/c1-3-11-25(12-4-1)37-40-38(26-13-5-2-6-14-26)42-39(41-37)27-19-22-35-32(23-27)31-21-20-28(24-36(31)44-35)43-33-17-9-7-15-29(33)30-16-8-10-18-34(30)43/h1-24H. The highest BCUT2D eigenvalue weighted by Crippen LogP contribution is 2.36. The Labute approximate surface area is 252 Å². The van der Waals surface area contributed by atoms with Crippen LogP contribution in [0.4, 0.5) is 0 Å². The van der Waals surface area contributed by atoms with Crippen molar-refractivity contribution >= 4 is 43.7 Å². The number of para-hydroxylation sites is 2. The molecule has 0 bridgehead atoms. The molecule has 0 fully saturated rings. The lowest BCUT2D eigenvalue weighted by Crippen LogP contribution is -2.00. The first-order chi connectivity index (χ1) is 21.8. The number of hydrogen-bond donors (Lipinski definition) is 0. The summed E-state index contributed by atoms with van der Waals surface area (Å²) in [6, 6.07) is 49.8. The number of rotatable bonds is 4. The maximum atomic E-state index is 6.43. The van der Waals surface area contributed by atoms with E-state index in [-0.39, 0.29) is 0 Å². The van der Waals surface area contributed by atoms with Crippen LogP contribution < -0.4 is 0 Å². The summed E-state index contributed by atoms with van der Waals surface area (Å²) in [4.78, 5) is 14.7. The largest absolute Gasteiger partial charge is 0.456 e. The lowest BCUT2D eigenvalue weighted by atomic mass is 10.1. The third-order valence-electron chi connectivity index (χ3n) is 8.25. The van der Waals surface area contributed by atoms with Gasteiger partial charge in [0.15, 0.2) is 17.5 Å². The van der Waals surface area contributed by atoms with Gasteiger partial charge < -0.3 is 8.98 Å². The fourth-order valence-corrected chi connectivity index (χ4v) is 6.18. The third-order valence-corrected chi connectivity index (χ3v) is 8.25. The molecule has 9 rings (SSSR count). The Morgan fingerprint density at radius 1 is 0.386 bits per heavy atom. The van der Waals surface area contributed by atoms with Crippen molar-refractivity contribution in [2.75, 3.05) is 0 Å². The van der Waals surface area contributed by atoms with E-state index in [1.807, 2.05) is 72.8 Å². The van der Waals surface area contributed by atoms with Crippen LogP contribution >= 0.6 is 0 Å². The van der Waals surface area contributed by atoms with Gasteiger partial charge in [-0.15, -0.1) is 0 Å². The van der Waals surface area contributed by atoms with Crippen LogP contribution in [0.2, 0.25) is 0 Å². The molecule has 0 atom stereocenters. The van der Waals surface area contributed by atoms with Gasteiger partial charge in [-0.1, -0.05) is 97.1 Å². The maximum absolute atomic E-state index is 6.43. The van der Waals surface area contributed by atoms with E-state index in [0.29, 0.717) is 17.5 Å². The second-order valence-corrected chi connectivity index (χ2v) is 10.9. The fraction of sp³-hybridized carbons (Fsp3) is 0. The van der Waals surface area contributed by atoms with Crippen LogP contribution in [-0.4, -0.2) is 19.5 Å². The topological polar surface area (TPSA) is 56.7 Å². The summed E-state index contributed by atoms with van der Waals surface area (Å²) in [5, 5.41) is 4.54. The smallest absolute Gasteiger partial charge is 0.164 e. The second-order valence-electron chi connectivity index (χ2n) is 10.9. The van der Waals surface area contributed by atoms with E-state index in [2.05, 4.69) is 77.4 Å². The molecule has 5 nitrogen and oxygen atoms in total. The zero-order valence-electron chi connectivity index (χ0n) is 23.6. The Bertz CT molecular complexity index is 2380. The molecule has 0 spiro atoms. The van der Waals surface area contributed by atoms with Crippen LogP contribution in [0.25, 0.3) is 83.6 Å². The molecule has 3 aromatic heterocycles. The molecular formula is C39H24N4O. The Morgan fingerprint density at radius 2 is 0.932 bits per heavy atom. The first-order valence-electron chi connectivity index (χ1n) is 14.6. The van der Waals surface area contributed by atoms with Crippen molar-refractivity contribution in [3.63, 3.8) is 0 Å². The van der Waals surface area contributed by atoms with Crippen molar-refractivity contribution in [3.05, 3.63) is 146 Å². The highest BCUT2D eigenvalue weighted by molar-refractivity contribution is 6.10. The minimum Gasteiger partial charge on any atom is -0.456 e. The summed E-state index contributed by atoms with van der Waals surface area (Å²) in [5.74, 6) is 1.90. The van der Waals surface area contributed by atoms with Crippen molar-refractivity contribution in [1.29, 1.82) is 0 Å². The summed E-state index contributed by atoms with van der Waals surface area (Å²) in [6.45, 7) is 0. The summed E-state index contributed by atoms with van der Waals surface area (Å²) in [6.07, 6.45) is 0. The number of hydrogen-bond acceptors (Lipinski definition) is 4. The van der Waals surface area contributed by atoms with Gasteiger partial charge in [-0.3, -0.25) is 0 Å². The zero-order chi connectivity index (χ0) is 29.0. The number of furan rings is 1. The van der Waals surface area contributed by atoms with Gasteiger partial charge in [0.05, 0.1) is 11.0 Å². The van der Waals surface area contributed by atoms with Gasteiger partial charge in [0.25, 0.3) is 0 Å². The van der Waals surface area contributed by atoms with Gasteiger partial charge >= 0.3 is 0 Å². The zero-order valence-corrected chi connectivity index (χ0v) is 23.6. The predicted octanol–water partition coefficient (Wildman–Crippen LogP) is 9.87. The highest BCUT2D eigenvalue weighted by Gasteiger charge is 2.16. The summed E-state index contributed by atoms with van der Waals surface area (Å²) < 4.78 is 8.74. The first-order valence-corrected chi connectivity index (χ1v) is 14.6. The van der Waals surface area contributed by atoms with Gasteiger partial charge in [0.1, 0.15) is 11.2 Å². The normalized spacial score (nSPS) is 11.6. The van der Waals surface area contributed by atoms with E-state index >= 15 is 0 Å². The molecule has 0 saturated carbocycles. The van der Waals surface area contributed by atoms with Crippen LogP contribution in [0.5, 0.6) is 0 Å². The highest BCUT2D eigenvalue weighted by atomic mass is 16.3. The van der Waals surface area contributed by atoms with Crippen molar-refractivity contribution in [3.8, 4) is 39.9 Å². The van der Waals surface area contributed by atoms with E-state index in [0.717, 1.165) is 44.3 Å². The molecule has 3 heterocycles. The molecule has 0 unspecified atom stereocenters. The molecule has 206 valence electrons. The minimum atomic E-state index is 0.621. The molecule has 0 aliphatic heterocycles. The van der Waals surface area contributed by atoms with E-state index in [9.17, 15) is 0 Å². The minimum absolute atomic E-state index is 0.621. The average molecular weight is 565 g/mol. The SMILES string of the molecule is c1ccc(-c2nc(-c3ccccc3)nc(-c3ccc4oc5cc(-n6c7ccccc7c7ccccc76)ccc5c4c3)n2)cc1. The lowest BCUT2D eigenvalue weighted by molar-refractivity contribution is 0.668. The first kappa shape index (κ1) is 24.5. The lowest BCUT2D eigenvalue weighted by Gasteiger charge is -2.08. The van der Waals surface area contributed by atoms with Crippen LogP contribution in [0.3, 0.4) is 0 Å². The summed E-state index contributed by atoms with van der Waals surface area (Å²) in [7, 11) is 0. The van der Waals surface area contributed by atoms with Gasteiger partial charge in [0.2, 0.25) is 0 Å². The monoisotopic (exact) mass is 564 g/mol. The molecular weight excluding hydrogens is 540 g/mol. The summed E-state index contributed by atoms with van der Waals surface area (Å²) in [5.41, 5.74) is 7.86.